The van der Waals surface area contributed by atoms with Crippen molar-refractivity contribution in [2.75, 3.05) is 17.7 Å². The number of ether oxygens (including phenoxy) is 1. The van der Waals surface area contributed by atoms with E-state index < -0.39 is 12.0 Å². The fourth-order valence-electron chi connectivity index (χ4n) is 3.47. The molecule has 0 amide bonds. The number of aromatic nitrogens is 3. The Morgan fingerprint density at radius 2 is 1.73 bits per heavy atom. The van der Waals surface area contributed by atoms with Crippen LogP contribution in [0.25, 0.3) is 0 Å². The van der Waals surface area contributed by atoms with Gasteiger partial charge in [-0.25, -0.2) is 9.48 Å². The quantitative estimate of drug-likeness (QED) is 0.262. The molecule has 0 bridgehead atoms. The Balaban J connectivity index is 1.63. The van der Waals surface area contributed by atoms with E-state index in [1.54, 1.807) is 54.9 Å². The van der Waals surface area contributed by atoms with Crippen LogP contribution >= 0.6 is 35.0 Å². The third-order valence-corrected chi connectivity index (χ3v) is 6.35. The first kappa shape index (κ1) is 23.4. The number of ketones is 1. The number of benzene rings is 2. The smallest absolute Gasteiger partial charge is 0.338 e. The van der Waals surface area contributed by atoms with Crippen LogP contribution in [0.3, 0.4) is 0 Å². The Labute approximate surface area is 205 Å². The lowest BCUT2D eigenvalue weighted by molar-refractivity contribution is -0.139. The van der Waals surface area contributed by atoms with E-state index in [1.807, 2.05) is 12.1 Å². The van der Waals surface area contributed by atoms with Gasteiger partial charge in [0, 0.05) is 21.3 Å². The highest BCUT2D eigenvalue weighted by molar-refractivity contribution is 7.99. The number of rotatable bonds is 7. The minimum atomic E-state index is -0.550. The number of carbonyl (C=O) groups excluding carboxylic acids is 2. The highest BCUT2D eigenvalue weighted by Gasteiger charge is 2.35. The zero-order valence-corrected chi connectivity index (χ0v) is 20.2. The van der Waals surface area contributed by atoms with Crippen LogP contribution < -0.4 is 5.32 Å². The summed E-state index contributed by atoms with van der Waals surface area (Å²) in [6.45, 7) is 3.81. The highest BCUT2D eigenvalue weighted by atomic mass is 35.5. The van der Waals surface area contributed by atoms with E-state index in [4.69, 9.17) is 27.9 Å². The molecule has 0 saturated heterocycles. The van der Waals surface area contributed by atoms with E-state index in [9.17, 15) is 9.59 Å². The number of hydrogen-bond acceptors (Lipinski definition) is 7. The number of esters is 1. The monoisotopic (exact) mass is 502 g/mol. The Hall–Kier alpha value is -2.81. The molecule has 1 aliphatic rings. The van der Waals surface area contributed by atoms with E-state index in [1.165, 1.54) is 11.8 Å². The van der Waals surface area contributed by atoms with Gasteiger partial charge in [-0.05, 0) is 55.8 Å². The molecule has 2 heterocycles. The van der Waals surface area contributed by atoms with Crippen LogP contribution in [0, 0.1) is 0 Å². The molecule has 2 aromatic carbocycles. The average Bonchev–Trinajstić information content (AvgIpc) is 3.20. The van der Waals surface area contributed by atoms with Gasteiger partial charge in [0.2, 0.25) is 11.1 Å². The molecule has 1 aromatic heterocycles. The van der Waals surface area contributed by atoms with Crippen LogP contribution in [0.1, 0.15) is 35.8 Å². The van der Waals surface area contributed by atoms with Crippen LogP contribution in [0.2, 0.25) is 10.0 Å². The molecule has 1 unspecified atom stereocenters. The summed E-state index contributed by atoms with van der Waals surface area (Å²) in [5.41, 5.74) is 2.44. The predicted molar refractivity (Wildman–Crippen MR) is 129 cm³/mol. The lowest BCUT2D eigenvalue weighted by Gasteiger charge is -2.28. The molecule has 4 rings (SSSR count). The number of thioether (sulfide) groups is 1. The molecule has 33 heavy (non-hydrogen) atoms. The van der Waals surface area contributed by atoms with Crippen LogP contribution in [-0.2, 0) is 9.53 Å². The lowest BCUT2D eigenvalue weighted by atomic mass is 9.96. The molecule has 0 fully saturated rings. The average molecular weight is 503 g/mol. The summed E-state index contributed by atoms with van der Waals surface area (Å²) < 4.78 is 6.94. The van der Waals surface area contributed by atoms with Crippen molar-refractivity contribution in [2.24, 2.45) is 0 Å². The van der Waals surface area contributed by atoms with E-state index in [0.29, 0.717) is 38.0 Å². The van der Waals surface area contributed by atoms with Gasteiger partial charge in [0.15, 0.2) is 5.78 Å². The van der Waals surface area contributed by atoms with E-state index in [2.05, 4.69) is 15.4 Å². The van der Waals surface area contributed by atoms with Gasteiger partial charge in [-0.1, -0.05) is 47.1 Å². The topological polar surface area (TPSA) is 86.1 Å². The molecule has 3 aromatic rings. The van der Waals surface area contributed by atoms with Gasteiger partial charge >= 0.3 is 5.97 Å². The SMILES string of the molecule is CCOC(=O)C1=C(C)Nc2nc(SCC(=O)c3ccc(Cl)cc3)nn2C1c1ccc(Cl)cc1. The van der Waals surface area contributed by atoms with Crippen molar-refractivity contribution in [3.05, 3.63) is 81.0 Å². The van der Waals surface area contributed by atoms with E-state index in [-0.39, 0.29) is 18.1 Å². The number of halogens is 2. The summed E-state index contributed by atoms with van der Waals surface area (Å²) in [5.74, 6) is 0.138. The Bertz CT molecular complexity index is 1220. The standard InChI is InChI=1S/C23H20Cl2N4O3S/c1-3-32-21(31)19-13(2)26-22-27-23(33-12-18(30)14-4-8-16(24)9-5-14)28-29(22)20(19)15-6-10-17(25)11-7-15/h4-11,20H,3,12H2,1-2H3,(H,26,27,28). The summed E-state index contributed by atoms with van der Waals surface area (Å²) in [6, 6.07) is 13.4. The number of anilines is 1. The molecule has 0 aliphatic carbocycles. The second kappa shape index (κ2) is 9.99. The minimum absolute atomic E-state index is 0.0619. The molecule has 1 atom stereocenters. The molecular weight excluding hydrogens is 483 g/mol. The molecule has 0 radical (unpaired) electrons. The van der Waals surface area contributed by atoms with Gasteiger partial charge in [-0.15, -0.1) is 5.10 Å². The van der Waals surface area contributed by atoms with Crippen LogP contribution in [0.5, 0.6) is 0 Å². The lowest BCUT2D eigenvalue weighted by Crippen LogP contribution is -2.29. The molecule has 0 saturated carbocycles. The van der Waals surface area contributed by atoms with E-state index >= 15 is 0 Å². The van der Waals surface area contributed by atoms with Gasteiger partial charge in [-0.2, -0.15) is 4.98 Å². The number of nitrogens with zero attached hydrogens (tertiary/aromatic N) is 3. The fraction of sp³-hybridized carbons (Fsp3) is 0.217. The van der Waals surface area contributed by atoms with Crippen LogP contribution in [0.4, 0.5) is 5.95 Å². The molecule has 1 aliphatic heterocycles. The maximum absolute atomic E-state index is 12.8. The molecule has 1 N–H and O–H groups in total. The summed E-state index contributed by atoms with van der Waals surface area (Å²) in [4.78, 5) is 29.9. The number of fused-ring (bicyclic) bond motifs is 1. The molecule has 0 spiro atoms. The molecule has 7 nitrogen and oxygen atoms in total. The molecule has 170 valence electrons. The van der Waals surface area contributed by atoms with E-state index in [0.717, 1.165) is 5.56 Å². The largest absolute Gasteiger partial charge is 0.463 e. The van der Waals surface area contributed by atoms with Crippen LogP contribution in [0.15, 0.2) is 65.0 Å². The van der Waals surface area contributed by atoms with Crippen molar-refractivity contribution >= 4 is 52.7 Å². The zero-order valence-electron chi connectivity index (χ0n) is 17.8. The van der Waals surface area contributed by atoms with Crippen molar-refractivity contribution < 1.29 is 14.3 Å². The van der Waals surface area contributed by atoms with Gasteiger partial charge < -0.3 is 10.1 Å². The minimum Gasteiger partial charge on any atom is -0.463 e. The first-order valence-electron chi connectivity index (χ1n) is 10.2. The Morgan fingerprint density at radius 1 is 1.09 bits per heavy atom. The summed E-state index contributed by atoms with van der Waals surface area (Å²) in [6.07, 6.45) is 0. The van der Waals surface area contributed by atoms with Gasteiger partial charge in [-0.3, -0.25) is 4.79 Å². The first-order valence-corrected chi connectivity index (χ1v) is 11.9. The summed E-state index contributed by atoms with van der Waals surface area (Å²) >= 11 is 13.2. The third kappa shape index (κ3) is 5.08. The normalized spacial score (nSPS) is 15.1. The second-order valence-corrected chi connectivity index (χ2v) is 9.03. The second-order valence-electron chi connectivity index (χ2n) is 7.22. The van der Waals surface area contributed by atoms with Crippen molar-refractivity contribution in [3.63, 3.8) is 0 Å². The fourth-order valence-corrected chi connectivity index (χ4v) is 4.44. The number of nitrogens with one attached hydrogen (secondary N) is 1. The Kier molecular flexibility index (Phi) is 7.07. The molecule has 10 heteroatoms. The maximum Gasteiger partial charge on any atom is 0.338 e. The van der Waals surface area contributed by atoms with Crippen molar-refractivity contribution in [1.82, 2.24) is 14.8 Å². The maximum atomic E-state index is 12.8. The zero-order chi connectivity index (χ0) is 23.5. The van der Waals surface area contributed by atoms with Gasteiger partial charge in [0.25, 0.3) is 0 Å². The number of carbonyl (C=O) groups is 2. The number of allylic oxidation sites excluding steroid dienone is 1. The first-order chi connectivity index (χ1) is 15.9. The summed E-state index contributed by atoms with van der Waals surface area (Å²) in [5, 5.41) is 9.30. The van der Waals surface area contributed by atoms with Crippen LogP contribution in [-0.4, -0.2) is 38.9 Å². The van der Waals surface area contributed by atoms with Crippen molar-refractivity contribution in [2.45, 2.75) is 25.0 Å². The predicted octanol–water partition coefficient (Wildman–Crippen LogP) is 5.41. The van der Waals surface area contributed by atoms with Gasteiger partial charge in [0.1, 0.15) is 6.04 Å². The molecular formula is C23H20Cl2N4O3S. The number of hydrogen-bond donors (Lipinski definition) is 1. The van der Waals surface area contributed by atoms with Crippen molar-refractivity contribution in [3.8, 4) is 0 Å². The number of Topliss-reactive ketones (excluding diaryl/α,β-unsaturated/α-hetero) is 1. The third-order valence-electron chi connectivity index (χ3n) is 5.01. The summed E-state index contributed by atoms with van der Waals surface area (Å²) in [7, 11) is 0. The highest BCUT2D eigenvalue weighted by Crippen LogP contribution is 2.37. The van der Waals surface area contributed by atoms with Crippen molar-refractivity contribution in [1.29, 1.82) is 0 Å². The van der Waals surface area contributed by atoms with Gasteiger partial charge in [0.05, 0.1) is 17.9 Å². The Morgan fingerprint density at radius 3 is 2.36 bits per heavy atom.